The lowest BCUT2D eigenvalue weighted by molar-refractivity contribution is -0.000735. The van der Waals surface area contributed by atoms with Crippen molar-refractivity contribution >= 4 is 10.0 Å². The Morgan fingerprint density at radius 2 is 2.20 bits per heavy atom. The molecular weight excluding hydrogens is 280 g/mol. The predicted molar refractivity (Wildman–Crippen MR) is 71.3 cm³/mol. The average molecular weight is 296 g/mol. The molecule has 1 aromatic rings. The van der Waals surface area contributed by atoms with Crippen LogP contribution in [0.5, 0.6) is 0 Å². The van der Waals surface area contributed by atoms with Crippen molar-refractivity contribution in [2.75, 3.05) is 19.7 Å². The fourth-order valence-electron chi connectivity index (χ4n) is 2.30. The number of β-amino-alcohol motifs (C(OH)–C–C–N with tert-alkyl or cyclic N) is 1. The topological polar surface area (TPSA) is 102 Å². The molecule has 0 spiro atoms. The standard InChI is InChI=1S/C13H16N2O4S/c1-10-6-11(7-14)2-3-12(10)20(18,19)15-5-4-13(17,8-15)9-16/h2-3,6,16-17H,4-5,8-9H2,1H3. The lowest BCUT2D eigenvalue weighted by atomic mass is 10.1. The lowest BCUT2D eigenvalue weighted by Gasteiger charge is -2.21. The molecule has 1 unspecified atom stereocenters. The van der Waals surface area contributed by atoms with E-state index in [0.717, 1.165) is 4.31 Å². The summed E-state index contributed by atoms with van der Waals surface area (Å²) in [6, 6.07) is 6.33. The number of hydrogen-bond donors (Lipinski definition) is 2. The number of hydrogen-bond acceptors (Lipinski definition) is 5. The van der Waals surface area contributed by atoms with Gasteiger partial charge in [0.25, 0.3) is 0 Å². The molecule has 1 aromatic carbocycles. The van der Waals surface area contributed by atoms with Gasteiger partial charge in [-0.1, -0.05) is 0 Å². The van der Waals surface area contributed by atoms with E-state index in [9.17, 15) is 13.5 Å². The summed E-state index contributed by atoms with van der Waals surface area (Å²) < 4.78 is 26.2. The van der Waals surface area contributed by atoms with Crippen LogP contribution in [0, 0.1) is 18.3 Å². The summed E-state index contributed by atoms with van der Waals surface area (Å²) in [5, 5.41) is 27.8. The maximum Gasteiger partial charge on any atom is 0.243 e. The fraction of sp³-hybridized carbons (Fsp3) is 0.462. The smallest absolute Gasteiger partial charge is 0.243 e. The Labute approximate surface area is 117 Å². The van der Waals surface area contributed by atoms with Crippen LogP contribution in [0.1, 0.15) is 17.5 Å². The molecule has 0 saturated carbocycles. The van der Waals surface area contributed by atoms with Crippen molar-refractivity contribution in [3.63, 3.8) is 0 Å². The number of rotatable bonds is 3. The van der Waals surface area contributed by atoms with Crippen LogP contribution in [0.4, 0.5) is 0 Å². The van der Waals surface area contributed by atoms with Crippen molar-refractivity contribution in [1.29, 1.82) is 5.26 Å². The predicted octanol–water partition coefficient (Wildman–Crippen LogP) is -0.0155. The minimum atomic E-state index is -3.72. The van der Waals surface area contributed by atoms with Crippen LogP contribution < -0.4 is 0 Å². The second-order valence-corrected chi connectivity index (χ2v) is 6.97. The molecule has 108 valence electrons. The van der Waals surface area contributed by atoms with Gasteiger partial charge in [-0.25, -0.2) is 8.42 Å². The Morgan fingerprint density at radius 1 is 1.50 bits per heavy atom. The first-order valence-electron chi connectivity index (χ1n) is 6.16. The quantitative estimate of drug-likeness (QED) is 0.816. The van der Waals surface area contributed by atoms with E-state index in [2.05, 4.69) is 0 Å². The van der Waals surface area contributed by atoms with Gasteiger partial charge in [-0.3, -0.25) is 0 Å². The molecule has 6 nitrogen and oxygen atoms in total. The zero-order valence-electron chi connectivity index (χ0n) is 11.1. The number of benzene rings is 1. The van der Waals surface area contributed by atoms with Crippen LogP contribution in [-0.4, -0.2) is 48.2 Å². The molecule has 1 aliphatic heterocycles. The molecule has 1 aliphatic rings. The summed E-state index contributed by atoms with van der Waals surface area (Å²) in [4.78, 5) is 0.124. The van der Waals surface area contributed by atoms with Gasteiger partial charge in [0.15, 0.2) is 0 Å². The Kier molecular flexibility index (Phi) is 3.84. The highest BCUT2D eigenvalue weighted by molar-refractivity contribution is 7.89. The fourth-order valence-corrected chi connectivity index (χ4v) is 4.03. The molecule has 1 atom stereocenters. The van der Waals surface area contributed by atoms with Crippen LogP contribution >= 0.6 is 0 Å². The summed E-state index contributed by atoms with van der Waals surface area (Å²) in [6.07, 6.45) is 0.206. The molecular formula is C13H16N2O4S. The van der Waals surface area contributed by atoms with Crippen LogP contribution in [0.25, 0.3) is 0 Å². The SMILES string of the molecule is Cc1cc(C#N)ccc1S(=O)(=O)N1CCC(O)(CO)C1. The van der Waals surface area contributed by atoms with Crippen LogP contribution in [0.15, 0.2) is 23.1 Å². The maximum absolute atomic E-state index is 12.5. The minimum Gasteiger partial charge on any atom is -0.393 e. The van der Waals surface area contributed by atoms with Crippen molar-refractivity contribution in [2.24, 2.45) is 0 Å². The van der Waals surface area contributed by atoms with E-state index >= 15 is 0 Å². The summed E-state index contributed by atoms with van der Waals surface area (Å²) in [5.74, 6) is 0. The van der Waals surface area contributed by atoms with E-state index < -0.39 is 22.2 Å². The summed E-state index contributed by atoms with van der Waals surface area (Å²) in [7, 11) is -3.72. The van der Waals surface area contributed by atoms with Gasteiger partial charge in [-0.05, 0) is 37.1 Å². The first-order valence-corrected chi connectivity index (χ1v) is 7.60. The normalized spacial score (nSPS) is 23.7. The Hall–Kier alpha value is -1.46. The third kappa shape index (κ3) is 2.55. The van der Waals surface area contributed by atoms with Crippen molar-refractivity contribution < 1.29 is 18.6 Å². The van der Waals surface area contributed by atoms with E-state index in [1.165, 1.54) is 18.2 Å². The number of aliphatic hydroxyl groups is 2. The van der Waals surface area contributed by atoms with Crippen LogP contribution in [0.2, 0.25) is 0 Å². The summed E-state index contributed by atoms with van der Waals surface area (Å²) >= 11 is 0. The number of nitrogens with zero attached hydrogens (tertiary/aromatic N) is 2. The number of nitriles is 1. The van der Waals surface area contributed by atoms with Gasteiger partial charge in [-0.15, -0.1) is 0 Å². The molecule has 1 heterocycles. The van der Waals surface area contributed by atoms with Gasteiger partial charge < -0.3 is 10.2 Å². The van der Waals surface area contributed by atoms with Crippen molar-refractivity contribution in [2.45, 2.75) is 23.8 Å². The molecule has 2 rings (SSSR count). The molecule has 0 amide bonds. The number of sulfonamides is 1. The van der Waals surface area contributed by atoms with Crippen LogP contribution in [-0.2, 0) is 10.0 Å². The second kappa shape index (κ2) is 5.14. The summed E-state index contributed by atoms with van der Waals surface area (Å²) in [5.41, 5.74) is -0.480. The van der Waals surface area contributed by atoms with Gasteiger partial charge in [-0.2, -0.15) is 9.57 Å². The minimum absolute atomic E-state index is 0.120. The number of aryl methyl sites for hydroxylation is 1. The largest absolute Gasteiger partial charge is 0.393 e. The molecule has 0 aliphatic carbocycles. The average Bonchev–Trinajstić information content (AvgIpc) is 2.82. The first-order chi connectivity index (χ1) is 9.32. The third-order valence-electron chi connectivity index (χ3n) is 3.51. The molecule has 1 saturated heterocycles. The Morgan fingerprint density at radius 3 is 2.70 bits per heavy atom. The Balaban J connectivity index is 2.35. The van der Waals surface area contributed by atoms with Gasteiger partial charge in [0.2, 0.25) is 10.0 Å². The zero-order chi connectivity index (χ0) is 15.0. The molecule has 0 bridgehead atoms. The third-order valence-corrected chi connectivity index (χ3v) is 5.52. The highest BCUT2D eigenvalue weighted by atomic mass is 32.2. The van der Waals surface area contributed by atoms with E-state index in [4.69, 9.17) is 10.4 Å². The molecule has 1 fully saturated rings. The van der Waals surface area contributed by atoms with Crippen molar-refractivity contribution in [3.8, 4) is 6.07 Å². The Bertz CT molecular complexity index is 665. The maximum atomic E-state index is 12.5. The second-order valence-electron chi connectivity index (χ2n) is 5.06. The molecule has 2 N–H and O–H groups in total. The van der Waals surface area contributed by atoms with Crippen LogP contribution in [0.3, 0.4) is 0 Å². The summed E-state index contributed by atoms with van der Waals surface area (Å²) in [6.45, 7) is 1.21. The van der Waals surface area contributed by atoms with Gasteiger partial charge in [0, 0.05) is 13.1 Å². The van der Waals surface area contributed by atoms with Crippen molar-refractivity contribution in [1.82, 2.24) is 4.31 Å². The van der Waals surface area contributed by atoms with Gasteiger partial charge in [0.05, 0.1) is 23.1 Å². The van der Waals surface area contributed by atoms with E-state index in [-0.39, 0.29) is 24.4 Å². The van der Waals surface area contributed by atoms with Gasteiger partial charge in [0.1, 0.15) is 5.60 Å². The highest BCUT2D eigenvalue weighted by Gasteiger charge is 2.41. The van der Waals surface area contributed by atoms with Gasteiger partial charge >= 0.3 is 0 Å². The van der Waals surface area contributed by atoms with E-state index in [1.807, 2.05) is 6.07 Å². The van der Waals surface area contributed by atoms with Crippen molar-refractivity contribution in [3.05, 3.63) is 29.3 Å². The molecule has 0 aromatic heterocycles. The lowest BCUT2D eigenvalue weighted by Crippen LogP contribution is -2.38. The first kappa shape index (κ1) is 14.9. The number of aliphatic hydroxyl groups excluding tert-OH is 1. The molecule has 20 heavy (non-hydrogen) atoms. The molecule has 0 radical (unpaired) electrons. The zero-order valence-corrected chi connectivity index (χ0v) is 11.9. The monoisotopic (exact) mass is 296 g/mol. The van der Waals surface area contributed by atoms with E-state index in [1.54, 1.807) is 6.92 Å². The van der Waals surface area contributed by atoms with E-state index in [0.29, 0.717) is 11.1 Å². The highest BCUT2D eigenvalue weighted by Crippen LogP contribution is 2.28. The molecule has 7 heteroatoms.